The van der Waals surface area contributed by atoms with Crippen molar-refractivity contribution in [1.82, 2.24) is 0 Å². The van der Waals surface area contributed by atoms with Crippen molar-refractivity contribution in [2.75, 3.05) is 20.0 Å². The molecule has 2 rings (SSSR count). The first-order chi connectivity index (χ1) is 6.45. The van der Waals surface area contributed by atoms with Crippen LogP contribution in [0.2, 0.25) is 0 Å². The van der Waals surface area contributed by atoms with Crippen LogP contribution in [0.4, 0.5) is 0 Å². The zero-order valence-electron chi connectivity index (χ0n) is 7.61. The van der Waals surface area contributed by atoms with Crippen LogP contribution >= 0.6 is 0 Å². The standard InChI is InChI=1S/C11H14O2/c1-2-4-10(5-3-1)6-11-7-12-9-13-8-11/h1-5,11H,6-9H2. The Morgan fingerprint density at radius 2 is 1.77 bits per heavy atom. The van der Waals surface area contributed by atoms with E-state index in [0.717, 1.165) is 19.6 Å². The Morgan fingerprint density at radius 3 is 2.46 bits per heavy atom. The van der Waals surface area contributed by atoms with E-state index in [2.05, 4.69) is 24.3 Å². The van der Waals surface area contributed by atoms with E-state index in [1.165, 1.54) is 5.56 Å². The van der Waals surface area contributed by atoms with Crippen LogP contribution in [0.5, 0.6) is 0 Å². The molecule has 1 aromatic carbocycles. The Morgan fingerprint density at radius 1 is 1.08 bits per heavy atom. The molecule has 0 amide bonds. The third-order valence-corrected chi connectivity index (χ3v) is 2.24. The summed E-state index contributed by atoms with van der Waals surface area (Å²) in [6, 6.07) is 10.5. The maximum atomic E-state index is 5.23. The molecular formula is C11H14O2. The summed E-state index contributed by atoms with van der Waals surface area (Å²) < 4.78 is 10.5. The molecule has 0 N–H and O–H groups in total. The second-order valence-corrected chi connectivity index (χ2v) is 3.42. The molecule has 0 radical (unpaired) electrons. The van der Waals surface area contributed by atoms with Crippen molar-refractivity contribution < 1.29 is 9.47 Å². The van der Waals surface area contributed by atoms with E-state index >= 15 is 0 Å². The second kappa shape index (κ2) is 4.40. The minimum absolute atomic E-state index is 0.464. The summed E-state index contributed by atoms with van der Waals surface area (Å²) in [5.74, 6) is 0.524. The Labute approximate surface area is 78.5 Å². The normalized spacial score (nSPS) is 18.8. The monoisotopic (exact) mass is 178 g/mol. The fourth-order valence-corrected chi connectivity index (χ4v) is 1.60. The van der Waals surface area contributed by atoms with Crippen molar-refractivity contribution >= 4 is 0 Å². The summed E-state index contributed by atoms with van der Waals surface area (Å²) >= 11 is 0. The highest BCUT2D eigenvalue weighted by molar-refractivity contribution is 5.15. The van der Waals surface area contributed by atoms with Crippen molar-refractivity contribution in [2.24, 2.45) is 5.92 Å². The molecule has 1 heterocycles. The van der Waals surface area contributed by atoms with Gasteiger partial charge >= 0.3 is 0 Å². The van der Waals surface area contributed by atoms with Gasteiger partial charge in [0.05, 0.1) is 13.2 Å². The summed E-state index contributed by atoms with van der Waals surface area (Å²) in [7, 11) is 0. The third kappa shape index (κ3) is 2.54. The topological polar surface area (TPSA) is 18.5 Å². The third-order valence-electron chi connectivity index (χ3n) is 2.24. The van der Waals surface area contributed by atoms with Crippen LogP contribution in [0.1, 0.15) is 5.56 Å². The molecule has 2 nitrogen and oxygen atoms in total. The average Bonchev–Trinajstić information content (AvgIpc) is 2.21. The van der Waals surface area contributed by atoms with Crippen LogP contribution in [0.3, 0.4) is 0 Å². The van der Waals surface area contributed by atoms with Crippen molar-refractivity contribution in [3.8, 4) is 0 Å². The summed E-state index contributed by atoms with van der Waals surface area (Å²) in [6.45, 7) is 2.12. The molecule has 0 saturated carbocycles. The van der Waals surface area contributed by atoms with E-state index < -0.39 is 0 Å². The van der Waals surface area contributed by atoms with Gasteiger partial charge in [-0.3, -0.25) is 0 Å². The van der Waals surface area contributed by atoms with Crippen molar-refractivity contribution in [2.45, 2.75) is 6.42 Å². The quantitative estimate of drug-likeness (QED) is 0.688. The highest BCUT2D eigenvalue weighted by Gasteiger charge is 2.14. The van der Waals surface area contributed by atoms with Crippen molar-refractivity contribution in [3.05, 3.63) is 35.9 Å². The SMILES string of the molecule is c1ccc(CC2COCOC2)cc1. The molecule has 1 saturated heterocycles. The highest BCUT2D eigenvalue weighted by Crippen LogP contribution is 2.12. The van der Waals surface area contributed by atoms with Gasteiger partial charge in [0.25, 0.3) is 0 Å². The van der Waals surface area contributed by atoms with Gasteiger partial charge in [-0.1, -0.05) is 30.3 Å². The van der Waals surface area contributed by atoms with Crippen LogP contribution < -0.4 is 0 Å². The van der Waals surface area contributed by atoms with Crippen LogP contribution in [0, 0.1) is 5.92 Å². The highest BCUT2D eigenvalue weighted by atomic mass is 16.7. The van der Waals surface area contributed by atoms with Crippen LogP contribution in [0.25, 0.3) is 0 Å². The first-order valence-electron chi connectivity index (χ1n) is 4.64. The molecule has 1 aliphatic rings. The van der Waals surface area contributed by atoms with Crippen LogP contribution in [-0.2, 0) is 15.9 Å². The van der Waals surface area contributed by atoms with Gasteiger partial charge in [0, 0.05) is 5.92 Å². The summed E-state index contributed by atoms with van der Waals surface area (Å²) in [4.78, 5) is 0. The van der Waals surface area contributed by atoms with E-state index in [0.29, 0.717) is 12.7 Å². The van der Waals surface area contributed by atoms with Crippen molar-refractivity contribution in [3.63, 3.8) is 0 Å². The molecule has 1 aromatic rings. The van der Waals surface area contributed by atoms with Gasteiger partial charge in [-0.2, -0.15) is 0 Å². The molecule has 0 aromatic heterocycles. The molecule has 70 valence electrons. The lowest BCUT2D eigenvalue weighted by atomic mass is 10.0. The second-order valence-electron chi connectivity index (χ2n) is 3.42. The molecule has 0 aliphatic carbocycles. The maximum absolute atomic E-state index is 5.23. The number of rotatable bonds is 2. The molecule has 1 fully saturated rings. The smallest absolute Gasteiger partial charge is 0.146 e. The van der Waals surface area contributed by atoms with Gasteiger partial charge in [0.2, 0.25) is 0 Å². The summed E-state index contributed by atoms with van der Waals surface area (Å²) in [5, 5.41) is 0. The van der Waals surface area contributed by atoms with E-state index in [-0.39, 0.29) is 0 Å². The summed E-state index contributed by atoms with van der Waals surface area (Å²) in [6.07, 6.45) is 1.06. The fraction of sp³-hybridized carbons (Fsp3) is 0.455. The van der Waals surface area contributed by atoms with E-state index in [9.17, 15) is 0 Å². The van der Waals surface area contributed by atoms with Crippen LogP contribution in [-0.4, -0.2) is 20.0 Å². The zero-order valence-corrected chi connectivity index (χ0v) is 7.61. The van der Waals surface area contributed by atoms with Gasteiger partial charge in [-0.05, 0) is 12.0 Å². The lowest BCUT2D eigenvalue weighted by Gasteiger charge is -2.22. The average molecular weight is 178 g/mol. The predicted octanol–water partition coefficient (Wildman–Crippen LogP) is 1.85. The largest absolute Gasteiger partial charge is 0.355 e. The molecule has 0 spiro atoms. The lowest BCUT2D eigenvalue weighted by molar-refractivity contribution is -0.125. The molecule has 1 aliphatic heterocycles. The maximum Gasteiger partial charge on any atom is 0.146 e. The Bertz CT molecular complexity index is 240. The van der Waals surface area contributed by atoms with Gasteiger partial charge in [0.15, 0.2) is 0 Å². The number of benzene rings is 1. The van der Waals surface area contributed by atoms with E-state index in [1.54, 1.807) is 0 Å². The molecule has 2 heteroatoms. The molecule has 0 unspecified atom stereocenters. The first-order valence-corrected chi connectivity index (χ1v) is 4.64. The minimum atomic E-state index is 0.464. The molecule has 13 heavy (non-hydrogen) atoms. The van der Waals surface area contributed by atoms with Gasteiger partial charge < -0.3 is 9.47 Å². The zero-order chi connectivity index (χ0) is 8.93. The number of hydrogen-bond donors (Lipinski definition) is 0. The van der Waals surface area contributed by atoms with Gasteiger partial charge in [-0.25, -0.2) is 0 Å². The summed E-state index contributed by atoms with van der Waals surface area (Å²) in [5.41, 5.74) is 1.36. The van der Waals surface area contributed by atoms with Crippen LogP contribution in [0.15, 0.2) is 30.3 Å². The molecule has 0 atom stereocenters. The minimum Gasteiger partial charge on any atom is -0.355 e. The van der Waals surface area contributed by atoms with E-state index in [4.69, 9.17) is 9.47 Å². The lowest BCUT2D eigenvalue weighted by Crippen LogP contribution is -2.25. The number of ether oxygens (including phenoxy) is 2. The first kappa shape index (κ1) is 8.73. The Hall–Kier alpha value is -0.860. The predicted molar refractivity (Wildman–Crippen MR) is 50.4 cm³/mol. The van der Waals surface area contributed by atoms with Crippen molar-refractivity contribution in [1.29, 1.82) is 0 Å². The van der Waals surface area contributed by atoms with Gasteiger partial charge in [0.1, 0.15) is 6.79 Å². The number of hydrogen-bond acceptors (Lipinski definition) is 2. The van der Waals surface area contributed by atoms with Gasteiger partial charge in [-0.15, -0.1) is 0 Å². The molecular weight excluding hydrogens is 164 g/mol. The fourth-order valence-electron chi connectivity index (χ4n) is 1.60. The Balaban J connectivity index is 1.90. The Kier molecular flexibility index (Phi) is 2.95. The molecule has 0 bridgehead atoms. The van der Waals surface area contributed by atoms with E-state index in [1.807, 2.05) is 6.07 Å².